The van der Waals surface area contributed by atoms with Gasteiger partial charge in [-0.05, 0) is 37.8 Å². The van der Waals surface area contributed by atoms with Crippen LogP contribution >= 0.6 is 0 Å². The van der Waals surface area contributed by atoms with Crippen LogP contribution < -0.4 is 22.1 Å². The van der Waals surface area contributed by atoms with Crippen molar-refractivity contribution in [3.05, 3.63) is 35.7 Å². The number of primary amides is 1. The van der Waals surface area contributed by atoms with E-state index in [4.69, 9.17) is 11.5 Å². The highest BCUT2D eigenvalue weighted by molar-refractivity contribution is 5.97. The predicted molar refractivity (Wildman–Crippen MR) is 104 cm³/mol. The second-order valence-electron chi connectivity index (χ2n) is 7.40. The van der Waals surface area contributed by atoms with E-state index in [0.717, 1.165) is 31.4 Å². The van der Waals surface area contributed by atoms with E-state index in [-0.39, 0.29) is 17.8 Å². The standard InChI is InChI=1S/C19H25N7O/c20-12-4-1-2-5-14(12)23-17-10-15(18(19(21)27)26-25-17)24-16-7-3-6-13(22-16)11-8-9-11/h3,6-7,10-12,14H,1-2,4-5,8-9,20H2,(H2,21,27)(H2,22,23,24,25)/t12?,14-/m1/s1. The third-order valence-electron chi connectivity index (χ3n) is 5.21. The van der Waals surface area contributed by atoms with E-state index in [1.54, 1.807) is 6.07 Å². The van der Waals surface area contributed by atoms with Gasteiger partial charge in [0.25, 0.3) is 5.91 Å². The SMILES string of the molecule is NC(=O)c1nnc(N[C@@H]2CCCCC2N)cc1Nc1cccc(C2CC2)n1. The molecule has 0 aromatic carbocycles. The molecule has 0 bridgehead atoms. The fourth-order valence-electron chi connectivity index (χ4n) is 3.53. The van der Waals surface area contributed by atoms with Crippen molar-refractivity contribution in [2.75, 3.05) is 10.6 Å². The number of hydrogen-bond donors (Lipinski definition) is 4. The zero-order valence-electron chi connectivity index (χ0n) is 15.2. The van der Waals surface area contributed by atoms with E-state index < -0.39 is 5.91 Å². The summed E-state index contributed by atoms with van der Waals surface area (Å²) in [6.07, 6.45) is 6.63. The molecule has 2 aliphatic rings. The molecule has 1 amide bonds. The zero-order valence-corrected chi connectivity index (χ0v) is 15.2. The number of hydrogen-bond acceptors (Lipinski definition) is 7. The van der Waals surface area contributed by atoms with E-state index in [1.807, 2.05) is 18.2 Å². The monoisotopic (exact) mass is 367 g/mol. The van der Waals surface area contributed by atoms with Gasteiger partial charge in [0.2, 0.25) is 0 Å². The van der Waals surface area contributed by atoms with Gasteiger partial charge in [-0.1, -0.05) is 18.9 Å². The highest BCUT2D eigenvalue weighted by atomic mass is 16.1. The average molecular weight is 367 g/mol. The smallest absolute Gasteiger partial charge is 0.271 e. The maximum atomic E-state index is 11.8. The van der Waals surface area contributed by atoms with E-state index in [2.05, 4.69) is 25.8 Å². The third kappa shape index (κ3) is 4.16. The lowest BCUT2D eigenvalue weighted by Crippen LogP contribution is -2.42. The van der Waals surface area contributed by atoms with Crippen molar-refractivity contribution in [2.24, 2.45) is 11.5 Å². The molecule has 0 spiro atoms. The summed E-state index contributed by atoms with van der Waals surface area (Å²) in [5.41, 5.74) is 13.3. The van der Waals surface area contributed by atoms with Crippen molar-refractivity contribution in [3.63, 3.8) is 0 Å². The van der Waals surface area contributed by atoms with E-state index in [0.29, 0.717) is 23.2 Å². The van der Waals surface area contributed by atoms with Gasteiger partial charge in [0.05, 0.1) is 5.69 Å². The highest BCUT2D eigenvalue weighted by Gasteiger charge is 2.25. The van der Waals surface area contributed by atoms with Gasteiger partial charge >= 0.3 is 0 Å². The second-order valence-corrected chi connectivity index (χ2v) is 7.40. The summed E-state index contributed by atoms with van der Waals surface area (Å²) in [5, 5.41) is 14.7. The molecule has 1 unspecified atom stereocenters. The lowest BCUT2D eigenvalue weighted by molar-refractivity contribution is 0.0995. The molecule has 6 N–H and O–H groups in total. The van der Waals surface area contributed by atoms with Gasteiger partial charge in [0.15, 0.2) is 11.5 Å². The molecule has 2 heterocycles. The Labute approximate surface area is 158 Å². The molecule has 2 saturated carbocycles. The quantitative estimate of drug-likeness (QED) is 0.616. The van der Waals surface area contributed by atoms with E-state index in [1.165, 1.54) is 12.8 Å². The Morgan fingerprint density at radius 3 is 2.63 bits per heavy atom. The lowest BCUT2D eigenvalue weighted by Gasteiger charge is -2.29. The number of carbonyl (C=O) groups excluding carboxylic acids is 1. The molecule has 2 atom stereocenters. The van der Waals surface area contributed by atoms with Crippen LogP contribution in [0.5, 0.6) is 0 Å². The molecule has 8 heteroatoms. The molecule has 142 valence electrons. The molecule has 8 nitrogen and oxygen atoms in total. The number of carbonyl (C=O) groups is 1. The van der Waals surface area contributed by atoms with Crippen molar-refractivity contribution in [2.45, 2.75) is 56.5 Å². The van der Waals surface area contributed by atoms with Gasteiger partial charge in [0, 0.05) is 29.8 Å². The van der Waals surface area contributed by atoms with Crippen molar-refractivity contribution in [1.29, 1.82) is 0 Å². The molecule has 0 aliphatic heterocycles. The molecule has 2 aromatic heterocycles. The van der Waals surface area contributed by atoms with Crippen LogP contribution in [0.1, 0.15) is 60.6 Å². The van der Waals surface area contributed by atoms with Crippen LogP contribution in [0.15, 0.2) is 24.3 Å². The minimum Gasteiger partial charge on any atom is -0.364 e. The Hall–Kier alpha value is -2.74. The molecule has 4 rings (SSSR count). The topological polar surface area (TPSA) is 132 Å². The largest absolute Gasteiger partial charge is 0.364 e. The van der Waals surface area contributed by atoms with Gasteiger partial charge < -0.3 is 22.1 Å². The van der Waals surface area contributed by atoms with Gasteiger partial charge in [-0.2, -0.15) is 0 Å². The number of nitrogens with zero attached hydrogens (tertiary/aromatic N) is 3. The van der Waals surface area contributed by atoms with Crippen LogP contribution in [0.4, 0.5) is 17.3 Å². The summed E-state index contributed by atoms with van der Waals surface area (Å²) in [6.45, 7) is 0. The van der Waals surface area contributed by atoms with Gasteiger partial charge in [-0.25, -0.2) is 4.98 Å². The highest BCUT2D eigenvalue weighted by Crippen LogP contribution is 2.39. The fourth-order valence-corrected chi connectivity index (χ4v) is 3.53. The van der Waals surface area contributed by atoms with E-state index in [9.17, 15) is 4.79 Å². The first-order valence-electron chi connectivity index (χ1n) is 9.54. The third-order valence-corrected chi connectivity index (χ3v) is 5.21. The minimum absolute atomic E-state index is 0.0877. The van der Waals surface area contributed by atoms with Crippen LogP contribution in [0.25, 0.3) is 0 Å². The lowest BCUT2D eigenvalue weighted by atomic mass is 9.91. The van der Waals surface area contributed by atoms with Crippen LogP contribution in [-0.4, -0.2) is 33.2 Å². The van der Waals surface area contributed by atoms with E-state index >= 15 is 0 Å². The summed E-state index contributed by atoms with van der Waals surface area (Å²) in [4.78, 5) is 16.4. The molecule has 0 radical (unpaired) electrons. The Bertz CT molecular complexity index is 837. The number of rotatable bonds is 6. The maximum absolute atomic E-state index is 11.8. The Balaban J connectivity index is 1.57. The van der Waals surface area contributed by atoms with Crippen LogP contribution in [0, 0.1) is 0 Å². The first-order chi connectivity index (χ1) is 13.1. The molecule has 0 saturated heterocycles. The zero-order chi connectivity index (χ0) is 18.8. The predicted octanol–water partition coefficient (Wildman–Crippen LogP) is 2.27. The van der Waals surface area contributed by atoms with Gasteiger partial charge in [0.1, 0.15) is 5.82 Å². The summed E-state index contributed by atoms with van der Waals surface area (Å²) in [6, 6.07) is 7.84. The Kier molecular flexibility index (Phi) is 4.89. The summed E-state index contributed by atoms with van der Waals surface area (Å²) >= 11 is 0. The number of nitrogens with one attached hydrogen (secondary N) is 2. The summed E-state index contributed by atoms with van der Waals surface area (Å²) in [5.74, 6) is 1.14. The maximum Gasteiger partial charge on any atom is 0.271 e. The average Bonchev–Trinajstić information content (AvgIpc) is 3.49. The molecule has 2 fully saturated rings. The van der Waals surface area contributed by atoms with Crippen molar-refractivity contribution in [3.8, 4) is 0 Å². The molecule has 2 aliphatic carbocycles. The molecule has 2 aromatic rings. The van der Waals surface area contributed by atoms with Crippen LogP contribution in [-0.2, 0) is 0 Å². The number of nitrogens with two attached hydrogens (primary N) is 2. The Morgan fingerprint density at radius 1 is 1.07 bits per heavy atom. The number of pyridine rings is 1. The number of aromatic nitrogens is 3. The molecule has 27 heavy (non-hydrogen) atoms. The minimum atomic E-state index is -0.635. The van der Waals surface area contributed by atoms with Crippen molar-refractivity contribution >= 4 is 23.2 Å². The Morgan fingerprint density at radius 2 is 1.89 bits per heavy atom. The first kappa shape index (κ1) is 17.7. The summed E-state index contributed by atoms with van der Waals surface area (Å²) < 4.78 is 0. The van der Waals surface area contributed by atoms with Crippen LogP contribution in [0.2, 0.25) is 0 Å². The number of anilines is 3. The first-order valence-corrected chi connectivity index (χ1v) is 9.54. The molecular weight excluding hydrogens is 342 g/mol. The summed E-state index contributed by atoms with van der Waals surface area (Å²) in [7, 11) is 0. The van der Waals surface area contributed by atoms with Crippen molar-refractivity contribution < 1.29 is 4.79 Å². The number of amides is 1. The van der Waals surface area contributed by atoms with Crippen molar-refractivity contribution in [1.82, 2.24) is 15.2 Å². The fraction of sp³-hybridized carbons (Fsp3) is 0.474. The molecular formula is C19H25N7O. The van der Waals surface area contributed by atoms with Crippen LogP contribution in [0.3, 0.4) is 0 Å². The van der Waals surface area contributed by atoms with Gasteiger partial charge in [-0.15, -0.1) is 10.2 Å². The second kappa shape index (κ2) is 7.48. The normalized spacial score (nSPS) is 22.3. The van der Waals surface area contributed by atoms with Gasteiger partial charge in [-0.3, -0.25) is 4.79 Å².